The molecule has 1 aliphatic heterocycles. The minimum Gasteiger partial charge on any atom is -0.497 e. The van der Waals surface area contributed by atoms with E-state index in [0.717, 1.165) is 17.7 Å². The first-order valence-corrected chi connectivity index (χ1v) is 15.1. The molecule has 0 aromatic heterocycles. The minimum absolute atomic E-state index is 0.0102. The van der Waals surface area contributed by atoms with Crippen LogP contribution in [0.3, 0.4) is 0 Å². The van der Waals surface area contributed by atoms with Gasteiger partial charge in [0, 0.05) is 0 Å². The molecule has 0 bridgehead atoms. The van der Waals surface area contributed by atoms with Crippen LogP contribution >= 0.6 is 0 Å². The number of aliphatic hydroxyl groups is 1. The topological polar surface area (TPSA) is 57.2 Å². The van der Waals surface area contributed by atoms with Crippen LogP contribution in [-0.4, -0.2) is 52.1 Å². The van der Waals surface area contributed by atoms with E-state index in [-0.39, 0.29) is 30.0 Å². The number of hydrogen-bond acceptors (Lipinski definition) is 5. The van der Waals surface area contributed by atoms with Gasteiger partial charge < -0.3 is 23.7 Å². The number of methoxy groups -OCH3 is 1. The van der Waals surface area contributed by atoms with Gasteiger partial charge in [-0.3, -0.25) is 0 Å². The average Bonchev–Trinajstić information content (AvgIpc) is 2.78. The van der Waals surface area contributed by atoms with Crippen LogP contribution < -0.4 is 4.74 Å². The van der Waals surface area contributed by atoms with E-state index in [2.05, 4.69) is 59.0 Å². The average molecular weight is 489 g/mol. The molecule has 190 valence electrons. The van der Waals surface area contributed by atoms with Gasteiger partial charge in [-0.25, -0.2) is 0 Å². The monoisotopic (exact) mass is 488 g/mol. The van der Waals surface area contributed by atoms with Crippen molar-refractivity contribution >= 4 is 8.32 Å². The quantitative estimate of drug-likeness (QED) is 0.280. The van der Waals surface area contributed by atoms with Gasteiger partial charge >= 0.3 is 0 Å². The van der Waals surface area contributed by atoms with Crippen molar-refractivity contribution in [1.82, 2.24) is 0 Å². The molecule has 0 radical (unpaired) electrons. The molecule has 1 aromatic rings. The van der Waals surface area contributed by atoms with E-state index in [4.69, 9.17) is 18.6 Å². The highest BCUT2D eigenvalue weighted by Gasteiger charge is 2.40. The molecule has 6 heteroatoms. The van der Waals surface area contributed by atoms with E-state index in [1.807, 2.05) is 30.3 Å². The third-order valence-electron chi connectivity index (χ3n) is 6.65. The lowest BCUT2D eigenvalue weighted by atomic mass is 10.0. The summed E-state index contributed by atoms with van der Waals surface area (Å²) in [6.07, 6.45) is 11.3. The molecule has 1 heterocycles. The SMILES string of the molecule is COc1ccc(CO[C@@H](CC=CCO)C(C=C[C@@H]2CC(C)=CCO2)O[Si](C)(C)C(C)(C)C)cc1. The highest BCUT2D eigenvalue weighted by Crippen LogP contribution is 2.38. The molecule has 1 N–H and O–H groups in total. The Bertz CT molecular complexity index is 820. The molecule has 0 fully saturated rings. The molecule has 0 saturated heterocycles. The molecular formula is C28H44O5Si. The maximum absolute atomic E-state index is 9.27. The van der Waals surface area contributed by atoms with Crippen LogP contribution in [0.2, 0.25) is 18.1 Å². The number of hydrogen-bond donors (Lipinski definition) is 1. The Hall–Kier alpha value is -1.70. The maximum Gasteiger partial charge on any atom is 0.193 e. The smallest absolute Gasteiger partial charge is 0.193 e. The minimum atomic E-state index is -2.07. The second kappa shape index (κ2) is 13.4. The zero-order valence-corrected chi connectivity index (χ0v) is 23.0. The van der Waals surface area contributed by atoms with Crippen LogP contribution in [-0.2, 0) is 20.5 Å². The summed E-state index contributed by atoms with van der Waals surface area (Å²) in [5.41, 5.74) is 2.42. The highest BCUT2D eigenvalue weighted by atomic mass is 28.4. The molecule has 1 aliphatic rings. The first kappa shape index (κ1) is 28.5. The number of benzene rings is 1. The third-order valence-corrected chi connectivity index (χ3v) is 11.1. The van der Waals surface area contributed by atoms with E-state index in [0.29, 0.717) is 19.6 Å². The van der Waals surface area contributed by atoms with Crippen molar-refractivity contribution < 1.29 is 23.7 Å². The Labute approximate surface area is 207 Å². The van der Waals surface area contributed by atoms with Crippen molar-refractivity contribution in [2.75, 3.05) is 20.3 Å². The van der Waals surface area contributed by atoms with Crippen molar-refractivity contribution in [3.8, 4) is 5.75 Å². The lowest BCUT2D eigenvalue weighted by molar-refractivity contribution is -0.0203. The summed E-state index contributed by atoms with van der Waals surface area (Å²) >= 11 is 0. The fraction of sp³-hybridized carbons (Fsp3) is 0.571. The van der Waals surface area contributed by atoms with Gasteiger partial charge in [0.25, 0.3) is 0 Å². The summed E-state index contributed by atoms with van der Waals surface area (Å²) in [6.45, 7) is 14.5. The molecule has 2 rings (SSSR count). The Morgan fingerprint density at radius 3 is 2.47 bits per heavy atom. The van der Waals surface area contributed by atoms with E-state index >= 15 is 0 Å². The Morgan fingerprint density at radius 1 is 1.18 bits per heavy atom. The van der Waals surface area contributed by atoms with E-state index in [1.165, 1.54) is 5.57 Å². The zero-order chi connectivity index (χ0) is 25.2. The van der Waals surface area contributed by atoms with Crippen LogP contribution in [0, 0.1) is 0 Å². The highest BCUT2D eigenvalue weighted by molar-refractivity contribution is 6.74. The molecule has 3 atom stereocenters. The van der Waals surface area contributed by atoms with E-state index in [9.17, 15) is 5.11 Å². The predicted molar refractivity (Wildman–Crippen MR) is 142 cm³/mol. The molecular weight excluding hydrogens is 444 g/mol. The van der Waals surface area contributed by atoms with Crippen LogP contribution in [0.25, 0.3) is 0 Å². The molecule has 1 aromatic carbocycles. The summed E-state index contributed by atoms with van der Waals surface area (Å²) in [5.74, 6) is 0.824. The Kier molecular flexibility index (Phi) is 11.2. The van der Waals surface area contributed by atoms with Gasteiger partial charge in [0.2, 0.25) is 0 Å². The Balaban J connectivity index is 2.26. The summed E-state index contributed by atoms with van der Waals surface area (Å²) in [7, 11) is -0.408. The van der Waals surface area contributed by atoms with Crippen LogP contribution in [0.4, 0.5) is 0 Å². The first-order valence-electron chi connectivity index (χ1n) is 12.2. The van der Waals surface area contributed by atoms with Crippen LogP contribution in [0.5, 0.6) is 5.75 Å². The van der Waals surface area contributed by atoms with Crippen molar-refractivity contribution in [2.24, 2.45) is 0 Å². The lowest BCUT2D eigenvalue weighted by Crippen LogP contribution is -2.47. The normalized spacial score (nSPS) is 19.4. The van der Waals surface area contributed by atoms with Crippen molar-refractivity contribution in [3.05, 3.63) is 65.8 Å². The third kappa shape index (κ3) is 9.15. The number of ether oxygens (including phenoxy) is 3. The zero-order valence-electron chi connectivity index (χ0n) is 22.0. The van der Waals surface area contributed by atoms with Crippen molar-refractivity contribution in [1.29, 1.82) is 0 Å². The molecule has 0 spiro atoms. The Morgan fingerprint density at radius 2 is 1.88 bits per heavy atom. The molecule has 34 heavy (non-hydrogen) atoms. The largest absolute Gasteiger partial charge is 0.497 e. The van der Waals surface area contributed by atoms with Gasteiger partial charge in [-0.2, -0.15) is 0 Å². The van der Waals surface area contributed by atoms with Crippen LogP contribution in [0.1, 0.15) is 46.1 Å². The first-order chi connectivity index (χ1) is 16.1. The molecule has 1 unspecified atom stereocenters. The molecule has 0 saturated carbocycles. The predicted octanol–water partition coefficient (Wildman–Crippen LogP) is 6.20. The standard InChI is InChI=1S/C28H44O5Si/c1-22-17-19-31-25(20-22)15-16-27(33-34(6,7)28(2,3)4)26(10-8-9-18-29)32-21-23-11-13-24(30-5)14-12-23/h8-9,11-17,25-27,29H,10,18-21H2,1-7H3/t25-,26+,27?/m1/s1. The van der Waals surface area contributed by atoms with Crippen LogP contribution in [0.15, 0.2) is 60.2 Å². The van der Waals surface area contributed by atoms with E-state index in [1.54, 1.807) is 13.2 Å². The summed E-state index contributed by atoms with van der Waals surface area (Å²) in [6, 6.07) is 7.92. The van der Waals surface area contributed by atoms with Gasteiger partial charge in [-0.05, 0) is 55.6 Å². The van der Waals surface area contributed by atoms with Crippen molar-refractivity contribution in [3.63, 3.8) is 0 Å². The molecule has 0 aliphatic carbocycles. The summed E-state index contributed by atoms with van der Waals surface area (Å²) in [5, 5.41) is 9.34. The van der Waals surface area contributed by atoms with Gasteiger partial charge in [-0.15, -0.1) is 0 Å². The lowest BCUT2D eigenvalue weighted by Gasteiger charge is -2.40. The van der Waals surface area contributed by atoms with E-state index < -0.39 is 8.32 Å². The number of rotatable bonds is 12. The van der Waals surface area contributed by atoms with Gasteiger partial charge in [0.05, 0.1) is 45.2 Å². The maximum atomic E-state index is 9.27. The van der Waals surface area contributed by atoms with Crippen molar-refractivity contribution in [2.45, 2.75) is 83.6 Å². The second-order valence-electron chi connectivity index (χ2n) is 10.4. The fourth-order valence-electron chi connectivity index (χ4n) is 3.41. The van der Waals surface area contributed by atoms with Gasteiger partial charge in [0.1, 0.15) is 5.75 Å². The fourth-order valence-corrected chi connectivity index (χ4v) is 4.68. The summed E-state index contributed by atoms with van der Waals surface area (Å²) in [4.78, 5) is 0. The second-order valence-corrected chi connectivity index (χ2v) is 15.2. The van der Waals surface area contributed by atoms with Gasteiger partial charge in [0.15, 0.2) is 8.32 Å². The number of aliphatic hydroxyl groups excluding tert-OH is 1. The molecule has 0 amide bonds. The summed E-state index contributed by atoms with van der Waals surface area (Å²) < 4.78 is 24.5. The van der Waals surface area contributed by atoms with Gasteiger partial charge in [-0.1, -0.05) is 68.9 Å². The molecule has 5 nitrogen and oxygen atoms in total.